The van der Waals surface area contributed by atoms with Gasteiger partial charge in [-0.25, -0.2) is 9.37 Å². The highest BCUT2D eigenvalue weighted by atomic mass is 19.1. The van der Waals surface area contributed by atoms with Crippen molar-refractivity contribution in [3.63, 3.8) is 0 Å². The fourth-order valence-corrected chi connectivity index (χ4v) is 1.84. The highest BCUT2D eigenvalue weighted by molar-refractivity contribution is 5.43. The van der Waals surface area contributed by atoms with Gasteiger partial charge in [0.15, 0.2) is 0 Å². The summed E-state index contributed by atoms with van der Waals surface area (Å²) in [6.07, 6.45) is 1.66. The van der Waals surface area contributed by atoms with Crippen LogP contribution in [0.2, 0.25) is 0 Å². The highest BCUT2D eigenvalue weighted by Crippen LogP contribution is 2.15. The SMILES string of the molecule is COCCOc1ccc(NCc2cc(C)ccc2F)cn1. The topological polar surface area (TPSA) is 43.4 Å². The van der Waals surface area contributed by atoms with Crippen molar-refractivity contribution < 1.29 is 13.9 Å². The maximum atomic E-state index is 13.6. The summed E-state index contributed by atoms with van der Waals surface area (Å²) in [7, 11) is 1.62. The Hall–Kier alpha value is -2.14. The normalized spacial score (nSPS) is 10.4. The molecule has 0 saturated carbocycles. The Labute approximate surface area is 123 Å². The van der Waals surface area contributed by atoms with Gasteiger partial charge >= 0.3 is 0 Å². The summed E-state index contributed by atoms with van der Waals surface area (Å²) in [5.41, 5.74) is 2.48. The first-order chi connectivity index (χ1) is 10.2. The highest BCUT2D eigenvalue weighted by Gasteiger charge is 2.03. The van der Waals surface area contributed by atoms with E-state index in [4.69, 9.17) is 9.47 Å². The van der Waals surface area contributed by atoms with Crippen molar-refractivity contribution in [1.82, 2.24) is 4.98 Å². The van der Waals surface area contributed by atoms with E-state index in [1.165, 1.54) is 6.07 Å². The summed E-state index contributed by atoms with van der Waals surface area (Å²) in [5.74, 6) is 0.333. The standard InChI is InChI=1S/C16H19FN2O2/c1-12-3-5-15(17)13(9-12)10-18-14-4-6-16(19-11-14)21-8-7-20-2/h3-6,9,11,18H,7-8,10H2,1-2H3. The van der Waals surface area contributed by atoms with Crippen molar-refractivity contribution in [1.29, 1.82) is 0 Å². The lowest BCUT2D eigenvalue weighted by atomic mass is 10.1. The molecule has 0 spiro atoms. The van der Waals surface area contributed by atoms with Crippen molar-refractivity contribution >= 4 is 5.69 Å². The van der Waals surface area contributed by atoms with Crippen LogP contribution in [0.4, 0.5) is 10.1 Å². The number of benzene rings is 1. The third-order valence-electron chi connectivity index (χ3n) is 2.96. The molecule has 5 heteroatoms. The predicted molar refractivity (Wildman–Crippen MR) is 80.1 cm³/mol. The Morgan fingerprint density at radius 1 is 1.19 bits per heavy atom. The van der Waals surface area contributed by atoms with Gasteiger partial charge in [-0.05, 0) is 19.1 Å². The lowest BCUT2D eigenvalue weighted by Gasteiger charge is -2.09. The lowest BCUT2D eigenvalue weighted by Crippen LogP contribution is -2.06. The first-order valence-corrected chi connectivity index (χ1v) is 6.76. The van der Waals surface area contributed by atoms with Gasteiger partial charge in [-0.2, -0.15) is 0 Å². The third-order valence-corrected chi connectivity index (χ3v) is 2.96. The molecule has 1 aromatic carbocycles. The Morgan fingerprint density at radius 2 is 2.05 bits per heavy atom. The van der Waals surface area contributed by atoms with Gasteiger partial charge in [-0.1, -0.05) is 17.7 Å². The minimum Gasteiger partial charge on any atom is -0.475 e. The number of aromatic nitrogens is 1. The van der Waals surface area contributed by atoms with E-state index in [1.54, 1.807) is 25.4 Å². The van der Waals surface area contributed by atoms with Crippen molar-refractivity contribution in [2.45, 2.75) is 13.5 Å². The number of halogens is 1. The second-order valence-corrected chi connectivity index (χ2v) is 4.67. The van der Waals surface area contributed by atoms with Gasteiger partial charge in [0.2, 0.25) is 5.88 Å². The summed E-state index contributed by atoms with van der Waals surface area (Å²) in [6, 6.07) is 8.69. The number of nitrogens with one attached hydrogen (secondary N) is 1. The van der Waals surface area contributed by atoms with Crippen LogP contribution in [0.5, 0.6) is 5.88 Å². The Kier molecular flexibility index (Phi) is 5.51. The van der Waals surface area contributed by atoms with Crippen LogP contribution >= 0.6 is 0 Å². The minimum atomic E-state index is -0.208. The average Bonchev–Trinajstić information content (AvgIpc) is 2.50. The number of nitrogens with zero attached hydrogens (tertiary/aromatic N) is 1. The molecule has 0 amide bonds. The van der Waals surface area contributed by atoms with Crippen LogP contribution in [0.3, 0.4) is 0 Å². The quantitative estimate of drug-likeness (QED) is 0.795. The predicted octanol–water partition coefficient (Wildman–Crippen LogP) is 3.17. The van der Waals surface area contributed by atoms with Crippen LogP contribution in [0.15, 0.2) is 36.5 Å². The molecule has 2 aromatic rings. The summed E-state index contributed by atoms with van der Waals surface area (Å²) >= 11 is 0. The van der Waals surface area contributed by atoms with E-state index in [2.05, 4.69) is 10.3 Å². The van der Waals surface area contributed by atoms with E-state index in [9.17, 15) is 4.39 Å². The molecule has 1 aromatic heterocycles. The molecule has 0 aliphatic heterocycles. The smallest absolute Gasteiger partial charge is 0.213 e. The Morgan fingerprint density at radius 3 is 2.76 bits per heavy atom. The summed E-state index contributed by atoms with van der Waals surface area (Å²) in [4.78, 5) is 4.17. The van der Waals surface area contributed by atoms with Crippen molar-refractivity contribution in [2.75, 3.05) is 25.6 Å². The van der Waals surface area contributed by atoms with E-state index < -0.39 is 0 Å². The second-order valence-electron chi connectivity index (χ2n) is 4.67. The summed E-state index contributed by atoms with van der Waals surface area (Å²) < 4.78 is 23.9. The van der Waals surface area contributed by atoms with Gasteiger partial charge in [-0.15, -0.1) is 0 Å². The molecule has 0 aliphatic carbocycles. The first-order valence-electron chi connectivity index (χ1n) is 6.76. The number of aryl methyl sites for hydroxylation is 1. The zero-order chi connectivity index (χ0) is 15.1. The minimum absolute atomic E-state index is 0.208. The number of ether oxygens (including phenoxy) is 2. The second kappa shape index (κ2) is 7.59. The molecule has 4 nitrogen and oxygen atoms in total. The molecule has 21 heavy (non-hydrogen) atoms. The monoisotopic (exact) mass is 290 g/mol. The summed E-state index contributed by atoms with van der Waals surface area (Å²) in [5, 5.41) is 3.14. The number of rotatable bonds is 7. The fourth-order valence-electron chi connectivity index (χ4n) is 1.84. The Balaban J connectivity index is 1.90. The van der Waals surface area contributed by atoms with Gasteiger partial charge in [0.1, 0.15) is 12.4 Å². The van der Waals surface area contributed by atoms with Crippen LogP contribution in [-0.2, 0) is 11.3 Å². The van der Waals surface area contributed by atoms with E-state index >= 15 is 0 Å². The van der Waals surface area contributed by atoms with E-state index in [0.717, 1.165) is 11.3 Å². The molecule has 2 rings (SSSR count). The van der Waals surface area contributed by atoms with E-state index in [0.29, 0.717) is 31.2 Å². The van der Waals surface area contributed by atoms with Gasteiger partial charge in [0.25, 0.3) is 0 Å². The maximum absolute atomic E-state index is 13.6. The maximum Gasteiger partial charge on any atom is 0.213 e. The molecule has 0 bridgehead atoms. The van der Waals surface area contributed by atoms with E-state index in [-0.39, 0.29) is 5.82 Å². The van der Waals surface area contributed by atoms with Crippen LogP contribution in [-0.4, -0.2) is 25.3 Å². The lowest BCUT2D eigenvalue weighted by molar-refractivity contribution is 0.144. The fraction of sp³-hybridized carbons (Fsp3) is 0.312. The molecule has 1 heterocycles. The molecular formula is C16H19FN2O2. The molecule has 0 atom stereocenters. The summed E-state index contributed by atoms with van der Waals surface area (Å²) in [6.45, 7) is 3.34. The van der Waals surface area contributed by atoms with Crippen LogP contribution in [0.1, 0.15) is 11.1 Å². The number of hydrogen-bond acceptors (Lipinski definition) is 4. The van der Waals surface area contributed by atoms with Crippen molar-refractivity contribution in [3.05, 3.63) is 53.5 Å². The third kappa shape index (κ3) is 4.72. The van der Waals surface area contributed by atoms with Crippen LogP contribution in [0.25, 0.3) is 0 Å². The van der Waals surface area contributed by atoms with Crippen molar-refractivity contribution in [2.24, 2.45) is 0 Å². The molecule has 0 fully saturated rings. The zero-order valence-electron chi connectivity index (χ0n) is 12.2. The molecule has 0 unspecified atom stereocenters. The van der Waals surface area contributed by atoms with E-state index in [1.807, 2.05) is 19.1 Å². The number of methoxy groups -OCH3 is 1. The molecule has 0 saturated heterocycles. The number of anilines is 1. The van der Waals surface area contributed by atoms with Gasteiger partial charge in [0, 0.05) is 25.3 Å². The van der Waals surface area contributed by atoms with Crippen LogP contribution < -0.4 is 10.1 Å². The van der Waals surface area contributed by atoms with Crippen molar-refractivity contribution in [3.8, 4) is 5.88 Å². The Bertz CT molecular complexity index is 573. The average molecular weight is 290 g/mol. The van der Waals surface area contributed by atoms with Crippen LogP contribution in [0, 0.1) is 12.7 Å². The first kappa shape index (κ1) is 15.3. The molecule has 112 valence electrons. The molecule has 0 radical (unpaired) electrons. The largest absolute Gasteiger partial charge is 0.475 e. The number of hydrogen-bond donors (Lipinski definition) is 1. The number of pyridine rings is 1. The van der Waals surface area contributed by atoms with Gasteiger partial charge < -0.3 is 14.8 Å². The molecular weight excluding hydrogens is 271 g/mol. The van der Waals surface area contributed by atoms with Gasteiger partial charge in [-0.3, -0.25) is 0 Å². The zero-order valence-corrected chi connectivity index (χ0v) is 12.2. The molecule has 0 aliphatic rings. The molecule has 1 N–H and O–H groups in total. The van der Waals surface area contributed by atoms with Gasteiger partial charge in [0.05, 0.1) is 18.5 Å².